The number of hydrogen-bond acceptors (Lipinski definition) is 4. The number of anilines is 1. The summed E-state index contributed by atoms with van der Waals surface area (Å²) in [6, 6.07) is 5.92. The average Bonchev–Trinajstić information content (AvgIpc) is 3.49. The van der Waals surface area contributed by atoms with Crippen LogP contribution in [0.3, 0.4) is 0 Å². The van der Waals surface area contributed by atoms with Gasteiger partial charge >= 0.3 is 0 Å². The number of benzene rings is 1. The minimum atomic E-state index is -0.0637. The van der Waals surface area contributed by atoms with Crippen LogP contribution in [-0.4, -0.2) is 44.6 Å². The third-order valence-corrected chi connectivity index (χ3v) is 6.30. The first-order valence-corrected chi connectivity index (χ1v) is 11.2. The highest BCUT2D eigenvalue weighted by Crippen LogP contribution is 2.37. The smallest absolute Gasteiger partial charge is 0.224 e. The lowest BCUT2D eigenvalue weighted by Gasteiger charge is -2.26. The van der Waals surface area contributed by atoms with Crippen LogP contribution in [0.25, 0.3) is 0 Å². The van der Waals surface area contributed by atoms with E-state index in [1.807, 2.05) is 30.0 Å². The summed E-state index contributed by atoms with van der Waals surface area (Å²) < 4.78 is 2.20. The number of nitrogens with one attached hydrogen (secondary N) is 1. The second-order valence-electron chi connectivity index (χ2n) is 8.18. The Labute approximate surface area is 181 Å². The maximum atomic E-state index is 12.5. The van der Waals surface area contributed by atoms with E-state index in [0.29, 0.717) is 43.3 Å². The van der Waals surface area contributed by atoms with Crippen molar-refractivity contribution in [3.8, 4) is 0 Å². The van der Waals surface area contributed by atoms with Crippen LogP contribution in [0, 0.1) is 6.92 Å². The lowest BCUT2D eigenvalue weighted by Crippen LogP contribution is -2.37. The van der Waals surface area contributed by atoms with Crippen molar-refractivity contribution in [3.63, 3.8) is 0 Å². The molecule has 1 saturated carbocycles. The molecular weight excluding hydrogens is 402 g/mol. The van der Waals surface area contributed by atoms with Gasteiger partial charge in [-0.2, -0.15) is 0 Å². The number of carbonyl (C=O) groups excluding carboxylic acids is 2. The Morgan fingerprint density at radius 3 is 2.70 bits per heavy atom. The van der Waals surface area contributed by atoms with E-state index in [0.717, 1.165) is 55.1 Å². The normalized spacial score (nSPS) is 16.7. The van der Waals surface area contributed by atoms with Gasteiger partial charge in [0.2, 0.25) is 11.8 Å². The molecule has 1 aromatic carbocycles. The van der Waals surface area contributed by atoms with Gasteiger partial charge < -0.3 is 14.8 Å². The molecule has 1 saturated heterocycles. The summed E-state index contributed by atoms with van der Waals surface area (Å²) >= 11 is 6.13. The molecule has 7 nitrogen and oxygen atoms in total. The van der Waals surface area contributed by atoms with Crippen LogP contribution in [0.1, 0.15) is 61.8 Å². The Kier molecular flexibility index (Phi) is 6.37. The zero-order valence-corrected chi connectivity index (χ0v) is 18.1. The summed E-state index contributed by atoms with van der Waals surface area (Å²) in [5, 5.41) is 12.4. The third kappa shape index (κ3) is 4.83. The zero-order valence-electron chi connectivity index (χ0n) is 17.4. The minimum Gasteiger partial charge on any atom is -0.342 e. The summed E-state index contributed by atoms with van der Waals surface area (Å²) in [7, 11) is 0. The van der Waals surface area contributed by atoms with Crippen molar-refractivity contribution < 1.29 is 9.59 Å². The largest absolute Gasteiger partial charge is 0.342 e. The van der Waals surface area contributed by atoms with Crippen LogP contribution in [0.5, 0.6) is 0 Å². The molecule has 1 N–H and O–H groups in total. The number of hydrogen-bond donors (Lipinski definition) is 1. The third-order valence-electron chi connectivity index (χ3n) is 5.89. The van der Waals surface area contributed by atoms with Crippen molar-refractivity contribution in [3.05, 3.63) is 40.4 Å². The molecule has 2 amide bonds. The summed E-state index contributed by atoms with van der Waals surface area (Å²) in [5.74, 6) is 1.96. The zero-order chi connectivity index (χ0) is 21.1. The highest BCUT2D eigenvalue weighted by molar-refractivity contribution is 6.31. The predicted octanol–water partition coefficient (Wildman–Crippen LogP) is 3.70. The number of aromatic nitrogens is 3. The van der Waals surface area contributed by atoms with Crippen molar-refractivity contribution >= 4 is 29.1 Å². The van der Waals surface area contributed by atoms with Crippen molar-refractivity contribution in [1.82, 2.24) is 19.7 Å². The molecule has 30 heavy (non-hydrogen) atoms. The fourth-order valence-electron chi connectivity index (χ4n) is 3.97. The van der Waals surface area contributed by atoms with Gasteiger partial charge in [-0.3, -0.25) is 9.59 Å². The van der Waals surface area contributed by atoms with E-state index in [1.165, 1.54) is 0 Å². The van der Waals surface area contributed by atoms with Crippen molar-refractivity contribution in [2.45, 2.75) is 64.3 Å². The first-order valence-electron chi connectivity index (χ1n) is 10.8. The Morgan fingerprint density at radius 2 is 1.97 bits per heavy atom. The van der Waals surface area contributed by atoms with Gasteiger partial charge in [0.1, 0.15) is 11.6 Å². The van der Waals surface area contributed by atoms with E-state index >= 15 is 0 Å². The van der Waals surface area contributed by atoms with Crippen LogP contribution in [0.2, 0.25) is 5.02 Å². The van der Waals surface area contributed by atoms with Crippen LogP contribution in [-0.2, 0) is 22.4 Å². The second kappa shape index (κ2) is 9.16. The molecular formula is C22H28ClN5O2. The molecule has 0 atom stereocenters. The lowest BCUT2D eigenvalue weighted by atomic mass is 10.1. The lowest BCUT2D eigenvalue weighted by molar-refractivity contribution is -0.133. The standard InChI is InChI=1S/C22H28ClN5O2/c1-15-17(23)5-4-6-18(15)24-21(29)11-10-19-25-26-20(28(19)16-8-9-16)12-14-27-13-3-2-7-22(27)30/h4-6,16H,2-3,7-14H2,1H3,(H,24,29). The fourth-order valence-corrected chi connectivity index (χ4v) is 4.14. The predicted molar refractivity (Wildman–Crippen MR) is 116 cm³/mol. The molecule has 1 aliphatic carbocycles. The molecule has 4 rings (SSSR count). The van der Waals surface area contributed by atoms with Gasteiger partial charge in [-0.15, -0.1) is 10.2 Å². The Bertz CT molecular complexity index is 938. The van der Waals surface area contributed by atoms with Gasteiger partial charge in [-0.05, 0) is 50.3 Å². The Balaban J connectivity index is 1.36. The SMILES string of the molecule is Cc1c(Cl)cccc1NC(=O)CCc1nnc(CCN2CCCCC2=O)n1C1CC1. The maximum Gasteiger partial charge on any atom is 0.224 e. The molecule has 0 bridgehead atoms. The molecule has 0 radical (unpaired) electrons. The van der Waals surface area contributed by atoms with Gasteiger partial charge in [0.25, 0.3) is 0 Å². The van der Waals surface area contributed by atoms with Gasteiger partial charge in [0, 0.05) is 55.5 Å². The number of likely N-dealkylation sites (tertiary alicyclic amines) is 1. The molecule has 1 aliphatic heterocycles. The van der Waals surface area contributed by atoms with Crippen LogP contribution < -0.4 is 5.32 Å². The molecule has 1 aromatic heterocycles. The molecule has 160 valence electrons. The van der Waals surface area contributed by atoms with Crippen molar-refractivity contribution in [2.75, 3.05) is 18.4 Å². The molecule has 0 unspecified atom stereocenters. The topological polar surface area (TPSA) is 80.1 Å². The van der Waals surface area contributed by atoms with E-state index < -0.39 is 0 Å². The number of aryl methyl sites for hydroxylation is 1. The summed E-state index contributed by atoms with van der Waals surface area (Å²) in [5.41, 5.74) is 1.60. The first kappa shape index (κ1) is 20.8. The second-order valence-corrected chi connectivity index (χ2v) is 8.59. The number of piperidine rings is 1. The quantitative estimate of drug-likeness (QED) is 0.693. The average molecular weight is 430 g/mol. The molecule has 2 fully saturated rings. The summed E-state index contributed by atoms with van der Waals surface area (Å²) in [6.45, 7) is 3.42. The highest BCUT2D eigenvalue weighted by Gasteiger charge is 2.30. The minimum absolute atomic E-state index is 0.0637. The summed E-state index contributed by atoms with van der Waals surface area (Å²) in [6.07, 6.45) is 6.55. The monoisotopic (exact) mass is 429 g/mol. The van der Waals surface area contributed by atoms with Gasteiger partial charge in [0.05, 0.1) is 0 Å². The molecule has 8 heteroatoms. The van der Waals surface area contributed by atoms with Crippen LogP contribution in [0.15, 0.2) is 18.2 Å². The summed E-state index contributed by atoms with van der Waals surface area (Å²) in [4.78, 5) is 26.5. The van der Waals surface area contributed by atoms with E-state index in [4.69, 9.17) is 11.6 Å². The number of amides is 2. The van der Waals surface area contributed by atoms with Crippen LogP contribution >= 0.6 is 11.6 Å². The van der Waals surface area contributed by atoms with E-state index in [1.54, 1.807) is 0 Å². The van der Waals surface area contributed by atoms with E-state index in [9.17, 15) is 9.59 Å². The number of carbonyl (C=O) groups is 2. The van der Waals surface area contributed by atoms with Gasteiger partial charge in [0.15, 0.2) is 0 Å². The Morgan fingerprint density at radius 1 is 1.20 bits per heavy atom. The van der Waals surface area contributed by atoms with Crippen molar-refractivity contribution in [2.24, 2.45) is 0 Å². The molecule has 2 aromatic rings. The van der Waals surface area contributed by atoms with Gasteiger partial charge in [-0.1, -0.05) is 17.7 Å². The van der Waals surface area contributed by atoms with E-state index in [2.05, 4.69) is 20.1 Å². The molecule has 0 spiro atoms. The first-order chi connectivity index (χ1) is 14.5. The van der Waals surface area contributed by atoms with Gasteiger partial charge in [-0.25, -0.2) is 0 Å². The number of nitrogens with zero attached hydrogens (tertiary/aromatic N) is 4. The van der Waals surface area contributed by atoms with Crippen molar-refractivity contribution in [1.29, 1.82) is 0 Å². The maximum absolute atomic E-state index is 12.5. The number of halogens is 1. The van der Waals surface area contributed by atoms with Crippen LogP contribution in [0.4, 0.5) is 5.69 Å². The molecule has 2 heterocycles. The molecule has 2 aliphatic rings. The Hall–Kier alpha value is -2.41. The fraction of sp³-hybridized carbons (Fsp3) is 0.545. The van der Waals surface area contributed by atoms with E-state index in [-0.39, 0.29) is 11.8 Å². The highest BCUT2D eigenvalue weighted by atomic mass is 35.5. The number of rotatable bonds is 8.